The summed E-state index contributed by atoms with van der Waals surface area (Å²) in [5.41, 5.74) is -0.127. The van der Waals surface area contributed by atoms with Crippen LogP contribution in [0.5, 0.6) is 5.75 Å². The molecule has 0 atom stereocenters. The molecule has 0 unspecified atom stereocenters. The quantitative estimate of drug-likeness (QED) is 0.791. The number of fused-ring (bicyclic) bond motifs is 1. The van der Waals surface area contributed by atoms with E-state index < -0.39 is 0 Å². The first kappa shape index (κ1) is 10.2. The van der Waals surface area contributed by atoms with Crippen molar-refractivity contribution < 1.29 is 4.74 Å². The van der Waals surface area contributed by atoms with Gasteiger partial charge in [0.2, 0.25) is 0 Å². The average molecular weight is 269 g/mol. The van der Waals surface area contributed by atoms with E-state index in [1.165, 1.54) is 4.68 Å². The van der Waals surface area contributed by atoms with E-state index in [9.17, 15) is 4.79 Å². The molecule has 4 nitrogen and oxygen atoms in total. The Morgan fingerprint density at radius 1 is 1.47 bits per heavy atom. The molecule has 0 aliphatic rings. The van der Waals surface area contributed by atoms with Crippen LogP contribution in [-0.2, 0) is 7.05 Å². The minimum Gasteiger partial charge on any atom is -0.496 e. The first-order valence-corrected chi connectivity index (χ1v) is 5.12. The summed E-state index contributed by atoms with van der Waals surface area (Å²) in [7, 11) is 3.19. The molecule has 0 N–H and O–H groups in total. The Morgan fingerprint density at radius 2 is 2.20 bits per heavy atom. The number of benzene rings is 1. The van der Waals surface area contributed by atoms with Crippen LogP contribution in [0.3, 0.4) is 0 Å². The Hall–Kier alpha value is -1.36. The molecular weight excluding hydrogens is 260 g/mol. The van der Waals surface area contributed by atoms with Gasteiger partial charge < -0.3 is 4.74 Å². The van der Waals surface area contributed by atoms with E-state index in [0.29, 0.717) is 11.1 Å². The van der Waals surface area contributed by atoms with Crippen molar-refractivity contribution in [3.63, 3.8) is 0 Å². The van der Waals surface area contributed by atoms with Gasteiger partial charge in [-0.05, 0) is 28.1 Å². The van der Waals surface area contributed by atoms with Crippen molar-refractivity contribution >= 4 is 26.7 Å². The van der Waals surface area contributed by atoms with Crippen molar-refractivity contribution in [3.8, 4) is 5.75 Å². The highest BCUT2D eigenvalue weighted by Crippen LogP contribution is 2.28. The van der Waals surface area contributed by atoms with E-state index in [-0.39, 0.29) is 5.56 Å². The fraction of sp³-hybridized carbons (Fsp3) is 0.200. The third-order valence-electron chi connectivity index (χ3n) is 2.22. The van der Waals surface area contributed by atoms with E-state index in [1.54, 1.807) is 26.4 Å². The fourth-order valence-corrected chi connectivity index (χ4v) is 1.92. The Kier molecular flexibility index (Phi) is 2.48. The number of rotatable bonds is 1. The summed E-state index contributed by atoms with van der Waals surface area (Å²) in [5.74, 6) is 0.644. The number of methoxy groups -OCH3 is 1. The summed E-state index contributed by atoms with van der Waals surface area (Å²) < 4.78 is 7.25. The lowest BCUT2D eigenvalue weighted by molar-refractivity contribution is 0.412. The molecule has 2 aromatic rings. The van der Waals surface area contributed by atoms with Gasteiger partial charge in [0.1, 0.15) is 5.75 Å². The van der Waals surface area contributed by atoms with Gasteiger partial charge in [-0.15, -0.1) is 0 Å². The summed E-state index contributed by atoms with van der Waals surface area (Å²) in [6.45, 7) is 0. The molecule has 5 heteroatoms. The maximum Gasteiger partial charge on any atom is 0.274 e. The zero-order valence-corrected chi connectivity index (χ0v) is 9.91. The lowest BCUT2D eigenvalue weighted by atomic mass is 10.2. The van der Waals surface area contributed by atoms with Gasteiger partial charge in [-0.3, -0.25) is 4.79 Å². The molecule has 78 valence electrons. The molecule has 0 aliphatic heterocycles. The number of hydrogen-bond donors (Lipinski definition) is 0. The minimum atomic E-state index is -0.127. The third-order valence-corrected chi connectivity index (χ3v) is 2.84. The molecule has 0 fully saturated rings. The van der Waals surface area contributed by atoms with Gasteiger partial charge in [0.15, 0.2) is 0 Å². The molecule has 0 spiro atoms. The molecular formula is C10H9BrN2O2. The van der Waals surface area contributed by atoms with E-state index in [0.717, 1.165) is 9.86 Å². The predicted octanol–water partition coefficient (Wildman–Crippen LogP) is 1.70. The van der Waals surface area contributed by atoms with Crippen LogP contribution in [-0.4, -0.2) is 16.9 Å². The second-order valence-corrected chi connectivity index (χ2v) is 4.00. The third kappa shape index (κ3) is 1.63. The van der Waals surface area contributed by atoms with Crippen molar-refractivity contribution in [2.24, 2.45) is 7.05 Å². The van der Waals surface area contributed by atoms with Gasteiger partial charge in [0, 0.05) is 12.4 Å². The van der Waals surface area contributed by atoms with Crippen molar-refractivity contribution in [2.45, 2.75) is 0 Å². The number of aromatic nitrogens is 2. The molecule has 0 saturated carbocycles. The zero-order chi connectivity index (χ0) is 11.0. The molecule has 1 heterocycles. The summed E-state index contributed by atoms with van der Waals surface area (Å²) in [5, 5.41) is 5.35. The van der Waals surface area contributed by atoms with E-state index in [1.807, 2.05) is 6.07 Å². The topological polar surface area (TPSA) is 44.1 Å². The standard InChI is InChI=1S/C10H9BrN2O2/c1-13-10(14)7-4-9(15-2)8(11)3-6(7)5-12-13/h3-5H,1-2H3. The van der Waals surface area contributed by atoms with Crippen LogP contribution in [0.2, 0.25) is 0 Å². The van der Waals surface area contributed by atoms with Gasteiger partial charge >= 0.3 is 0 Å². The molecule has 0 radical (unpaired) electrons. The zero-order valence-electron chi connectivity index (χ0n) is 8.32. The molecule has 2 rings (SSSR count). The van der Waals surface area contributed by atoms with Gasteiger partial charge in [-0.2, -0.15) is 5.10 Å². The summed E-state index contributed by atoms with van der Waals surface area (Å²) >= 11 is 3.36. The maximum atomic E-state index is 11.7. The van der Waals surface area contributed by atoms with Gasteiger partial charge in [0.25, 0.3) is 5.56 Å². The Morgan fingerprint density at radius 3 is 2.87 bits per heavy atom. The van der Waals surface area contributed by atoms with Gasteiger partial charge in [-0.25, -0.2) is 4.68 Å². The fourth-order valence-electron chi connectivity index (χ4n) is 1.39. The normalized spacial score (nSPS) is 10.6. The summed E-state index contributed by atoms with van der Waals surface area (Å²) in [4.78, 5) is 11.7. The second kappa shape index (κ2) is 3.66. The maximum absolute atomic E-state index is 11.7. The Balaban J connectivity index is 2.89. The Bertz CT molecular complexity index is 577. The second-order valence-electron chi connectivity index (χ2n) is 3.15. The largest absolute Gasteiger partial charge is 0.496 e. The first-order valence-electron chi connectivity index (χ1n) is 4.33. The van der Waals surface area contributed by atoms with Crippen molar-refractivity contribution in [3.05, 3.63) is 33.2 Å². The smallest absolute Gasteiger partial charge is 0.274 e. The van der Waals surface area contributed by atoms with Crippen molar-refractivity contribution in [2.75, 3.05) is 7.11 Å². The molecule has 0 amide bonds. The molecule has 15 heavy (non-hydrogen) atoms. The molecule has 0 bridgehead atoms. The van der Waals surface area contributed by atoms with Crippen molar-refractivity contribution in [1.29, 1.82) is 0 Å². The number of ether oxygens (including phenoxy) is 1. The average Bonchev–Trinajstić information content (AvgIpc) is 2.23. The van der Waals surface area contributed by atoms with Gasteiger partial charge in [-0.1, -0.05) is 0 Å². The van der Waals surface area contributed by atoms with E-state index in [2.05, 4.69) is 21.0 Å². The van der Waals surface area contributed by atoms with Crippen LogP contribution in [0.25, 0.3) is 10.8 Å². The van der Waals surface area contributed by atoms with Crippen LogP contribution in [0, 0.1) is 0 Å². The van der Waals surface area contributed by atoms with Crippen LogP contribution < -0.4 is 10.3 Å². The lowest BCUT2D eigenvalue weighted by Crippen LogP contribution is -2.18. The van der Waals surface area contributed by atoms with Crippen LogP contribution in [0.4, 0.5) is 0 Å². The van der Waals surface area contributed by atoms with Crippen LogP contribution in [0.1, 0.15) is 0 Å². The van der Waals surface area contributed by atoms with Gasteiger partial charge in [0.05, 0.1) is 23.2 Å². The van der Waals surface area contributed by atoms with Crippen LogP contribution >= 0.6 is 15.9 Å². The molecule has 1 aromatic heterocycles. The number of halogens is 1. The SMILES string of the molecule is COc1cc2c(=O)n(C)ncc2cc1Br. The molecule has 0 aliphatic carbocycles. The first-order chi connectivity index (χ1) is 7.13. The summed E-state index contributed by atoms with van der Waals surface area (Å²) in [6.07, 6.45) is 1.65. The highest BCUT2D eigenvalue weighted by Gasteiger charge is 2.06. The Labute approximate surface area is 94.6 Å². The van der Waals surface area contributed by atoms with E-state index in [4.69, 9.17) is 4.74 Å². The highest BCUT2D eigenvalue weighted by molar-refractivity contribution is 9.10. The highest BCUT2D eigenvalue weighted by atomic mass is 79.9. The number of nitrogens with zero attached hydrogens (tertiary/aromatic N) is 2. The number of aryl methyl sites for hydroxylation is 1. The molecule has 0 saturated heterocycles. The van der Waals surface area contributed by atoms with E-state index >= 15 is 0 Å². The number of hydrogen-bond acceptors (Lipinski definition) is 3. The predicted molar refractivity (Wildman–Crippen MR) is 61.2 cm³/mol. The summed E-state index contributed by atoms with van der Waals surface area (Å²) in [6, 6.07) is 3.53. The minimum absolute atomic E-state index is 0.127. The van der Waals surface area contributed by atoms with Crippen LogP contribution in [0.15, 0.2) is 27.6 Å². The lowest BCUT2D eigenvalue weighted by Gasteiger charge is -2.05. The molecule has 1 aromatic carbocycles. The van der Waals surface area contributed by atoms with Crippen molar-refractivity contribution in [1.82, 2.24) is 9.78 Å². The monoisotopic (exact) mass is 268 g/mol.